The lowest BCUT2D eigenvalue weighted by atomic mass is 9.90. The molecule has 74 valence electrons. The zero-order chi connectivity index (χ0) is 9.90. The van der Waals surface area contributed by atoms with Gasteiger partial charge in [-0.1, -0.05) is 6.92 Å². The molecule has 0 aromatic heterocycles. The molecule has 1 rings (SSSR count). The molecule has 13 heavy (non-hydrogen) atoms. The molecular weight excluding hydrogens is 180 g/mol. The Labute approximate surface area is 85.1 Å². The van der Waals surface area contributed by atoms with Gasteiger partial charge in [-0.25, -0.2) is 0 Å². The SMILES string of the molecule is CC(C)NC1(C#N)CCCSC1C. The molecule has 0 aromatic carbocycles. The summed E-state index contributed by atoms with van der Waals surface area (Å²) in [6.45, 7) is 6.36. The molecule has 3 heteroatoms. The Morgan fingerprint density at radius 1 is 1.62 bits per heavy atom. The minimum atomic E-state index is -0.281. The minimum Gasteiger partial charge on any atom is -0.296 e. The van der Waals surface area contributed by atoms with Crippen LogP contribution in [-0.4, -0.2) is 22.6 Å². The second-order valence-electron chi connectivity index (χ2n) is 4.00. The summed E-state index contributed by atoms with van der Waals surface area (Å²) in [6.07, 6.45) is 2.15. The average Bonchev–Trinajstić information content (AvgIpc) is 2.08. The molecule has 0 aliphatic carbocycles. The number of nitrogens with zero attached hydrogens (tertiary/aromatic N) is 1. The molecule has 0 saturated carbocycles. The van der Waals surface area contributed by atoms with Gasteiger partial charge in [-0.2, -0.15) is 17.0 Å². The van der Waals surface area contributed by atoms with Gasteiger partial charge in [0.25, 0.3) is 0 Å². The van der Waals surface area contributed by atoms with E-state index >= 15 is 0 Å². The van der Waals surface area contributed by atoms with Gasteiger partial charge in [0.2, 0.25) is 0 Å². The van der Waals surface area contributed by atoms with Crippen LogP contribution in [0.1, 0.15) is 33.6 Å². The van der Waals surface area contributed by atoms with Crippen LogP contribution in [0, 0.1) is 11.3 Å². The van der Waals surface area contributed by atoms with Crippen molar-refractivity contribution in [2.24, 2.45) is 0 Å². The lowest BCUT2D eigenvalue weighted by molar-refractivity contribution is 0.342. The number of nitrogens with one attached hydrogen (secondary N) is 1. The van der Waals surface area contributed by atoms with Crippen LogP contribution in [0.4, 0.5) is 0 Å². The van der Waals surface area contributed by atoms with E-state index in [1.165, 1.54) is 5.75 Å². The van der Waals surface area contributed by atoms with Crippen LogP contribution in [0.25, 0.3) is 0 Å². The maximum Gasteiger partial charge on any atom is 0.118 e. The van der Waals surface area contributed by atoms with E-state index in [4.69, 9.17) is 0 Å². The fraction of sp³-hybridized carbons (Fsp3) is 0.900. The first-order valence-electron chi connectivity index (χ1n) is 4.91. The summed E-state index contributed by atoms with van der Waals surface area (Å²) in [6, 6.07) is 2.86. The van der Waals surface area contributed by atoms with E-state index in [0.29, 0.717) is 11.3 Å². The number of hydrogen-bond acceptors (Lipinski definition) is 3. The van der Waals surface area contributed by atoms with Crippen LogP contribution in [-0.2, 0) is 0 Å². The van der Waals surface area contributed by atoms with Crippen molar-refractivity contribution in [2.75, 3.05) is 5.75 Å². The Kier molecular flexibility index (Phi) is 3.63. The van der Waals surface area contributed by atoms with Gasteiger partial charge in [0.05, 0.1) is 6.07 Å². The molecular formula is C10H18N2S. The van der Waals surface area contributed by atoms with Gasteiger partial charge >= 0.3 is 0 Å². The molecule has 1 saturated heterocycles. The van der Waals surface area contributed by atoms with Crippen molar-refractivity contribution in [3.63, 3.8) is 0 Å². The largest absolute Gasteiger partial charge is 0.296 e. The van der Waals surface area contributed by atoms with Crippen molar-refractivity contribution in [1.29, 1.82) is 5.26 Å². The molecule has 1 aliphatic heterocycles. The Morgan fingerprint density at radius 2 is 2.31 bits per heavy atom. The smallest absolute Gasteiger partial charge is 0.118 e. The van der Waals surface area contributed by atoms with Gasteiger partial charge in [0.1, 0.15) is 5.54 Å². The molecule has 0 bridgehead atoms. The molecule has 1 fully saturated rings. The molecule has 1 aliphatic rings. The van der Waals surface area contributed by atoms with E-state index in [9.17, 15) is 5.26 Å². The summed E-state index contributed by atoms with van der Waals surface area (Å²) < 4.78 is 0. The summed E-state index contributed by atoms with van der Waals surface area (Å²) >= 11 is 1.91. The summed E-state index contributed by atoms with van der Waals surface area (Å²) in [7, 11) is 0. The van der Waals surface area contributed by atoms with Gasteiger partial charge in [-0.05, 0) is 32.4 Å². The van der Waals surface area contributed by atoms with Gasteiger partial charge in [0, 0.05) is 11.3 Å². The molecule has 1 N–H and O–H groups in total. The van der Waals surface area contributed by atoms with Crippen LogP contribution in [0.3, 0.4) is 0 Å². The molecule has 2 unspecified atom stereocenters. The number of hydrogen-bond donors (Lipinski definition) is 1. The molecule has 0 radical (unpaired) electrons. The standard InChI is InChI=1S/C10H18N2S/c1-8(2)12-10(7-11)5-4-6-13-9(10)3/h8-9,12H,4-6H2,1-3H3. The van der Waals surface area contributed by atoms with E-state index in [1.807, 2.05) is 11.8 Å². The van der Waals surface area contributed by atoms with Gasteiger partial charge in [0.15, 0.2) is 0 Å². The Hall–Kier alpha value is -0.200. The van der Waals surface area contributed by atoms with E-state index < -0.39 is 0 Å². The summed E-state index contributed by atoms with van der Waals surface area (Å²) in [5.74, 6) is 1.20. The maximum atomic E-state index is 9.24. The highest BCUT2D eigenvalue weighted by atomic mass is 32.2. The topological polar surface area (TPSA) is 35.8 Å². The predicted molar refractivity (Wildman–Crippen MR) is 57.8 cm³/mol. The van der Waals surface area contributed by atoms with Crippen LogP contribution in [0.2, 0.25) is 0 Å². The van der Waals surface area contributed by atoms with Gasteiger partial charge in [-0.15, -0.1) is 0 Å². The van der Waals surface area contributed by atoms with Crippen molar-refractivity contribution in [1.82, 2.24) is 5.32 Å². The molecule has 0 amide bonds. The summed E-state index contributed by atoms with van der Waals surface area (Å²) in [5.41, 5.74) is -0.281. The first kappa shape index (κ1) is 10.9. The third-order valence-corrected chi connectivity index (χ3v) is 3.95. The summed E-state index contributed by atoms with van der Waals surface area (Å²) in [4.78, 5) is 0. The third kappa shape index (κ3) is 2.38. The van der Waals surface area contributed by atoms with Crippen molar-refractivity contribution >= 4 is 11.8 Å². The normalized spacial score (nSPS) is 34.5. The van der Waals surface area contributed by atoms with Crippen LogP contribution < -0.4 is 5.32 Å². The second kappa shape index (κ2) is 4.34. The molecule has 2 nitrogen and oxygen atoms in total. The van der Waals surface area contributed by atoms with E-state index in [1.54, 1.807) is 0 Å². The first-order valence-corrected chi connectivity index (χ1v) is 5.96. The predicted octanol–water partition coefficient (Wildman–Crippen LogP) is 2.16. The van der Waals surface area contributed by atoms with Gasteiger partial charge in [-0.3, -0.25) is 5.32 Å². The molecule has 0 spiro atoms. The Balaban J connectivity index is 2.72. The lowest BCUT2D eigenvalue weighted by Crippen LogP contribution is -2.55. The van der Waals surface area contributed by atoms with E-state index in [-0.39, 0.29) is 5.54 Å². The fourth-order valence-corrected chi connectivity index (χ4v) is 3.03. The second-order valence-corrected chi connectivity index (χ2v) is 5.45. The molecule has 1 heterocycles. The van der Waals surface area contributed by atoms with E-state index in [2.05, 4.69) is 32.2 Å². The zero-order valence-electron chi connectivity index (χ0n) is 8.63. The maximum absolute atomic E-state index is 9.24. The fourth-order valence-electron chi connectivity index (χ4n) is 1.84. The van der Waals surface area contributed by atoms with Crippen molar-refractivity contribution < 1.29 is 0 Å². The minimum absolute atomic E-state index is 0.281. The number of thioether (sulfide) groups is 1. The Morgan fingerprint density at radius 3 is 2.77 bits per heavy atom. The van der Waals surface area contributed by atoms with Crippen molar-refractivity contribution in [2.45, 2.75) is 50.4 Å². The van der Waals surface area contributed by atoms with Crippen LogP contribution in [0.5, 0.6) is 0 Å². The lowest BCUT2D eigenvalue weighted by Gasteiger charge is -2.38. The Bertz CT molecular complexity index is 209. The highest BCUT2D eigenvalue weighted by Gasteiger charge is 2.39. The monoisotopic (exact) mass is 198 g/mol. The van der Waals surface area contributed by atoms with Crippen LogP contribution >= 0.6 is 11.8 Å². The van der Waals surface area contributed by atoms with Crippen molar-refractivity contribution in [3.05, 3.63) is 0 Å². The highest BCUT2D eigenvalue weighted by Crippen LogP contribution is 2.33. The molecule has 2 atom stereocenters. The van der Waals surface area contributed by atoms with Crippen LogP contribution in [0.15, 0.2) is 0 Å². The van der Waals surface area contributed by atoms with E-state index in [0.717, 1.165) is 12.8 Å². The zero-order valence-corrected chi connectivity index (χ0v) is 9.45. The highest BCUT2D eigenvalue weighted by molar-refractivity contribution is 8.00. The quantitative estimate of drug-likeness (QED) is 0.738. The van der Waals surface area contributed by atoms with Gasteiger partial charge < -0.3 is 0 Å². The molecule has 0 aromatic rings. The third-order valence-electron chi connectivity index (χ3n) is 2.52. The number of rotatable bonds is 2. The number of nitriles is 1. The first-order chi connectivity index (χ1) is 6.10. The summed E-state index contributed by atoms with van der Waals surface area (Å²) in [5, 5.41) is 13.1. The van der Waals surface area contributed by atoms with Crippen molar-refractivity contribution in [3.8, 4) is 6.07 Å². The average molecular weight is 198 g/mol.